The van der Waals surface area contributed by atoms with Gasteiger partial charge in [-0.1, -0.05) is 49.0 Å². The standard InChI is InChI=1S/C12H15Si.Na/c1-9-4-5-10-6-7-12(13(2)3)11(10)8-9;/h4-8,12H,1-3H3;/q;+1. The first kappa shape index (κ1) is 12.2. The molecule has 1 aliphatic rings. The molecule has 0 aliphatic heterocycles. The number of hydrogen-bond donors (Lipinski definition) is 0. The molecule has 0 nitrogen and oxygen atoms in total. The monoisotopic (exact) mass is 210 g/mol. The fraction of sp³-hybridized carbons (Fsp3) is 0.333. The van der Waals surface area contributed by atoms with Gasteiger partial charge in [0.2, 0.25) is 0 Å². The minimum atomic E-state index is -0.227. The Morgan fingerprint density at radius 3 is 2.57 bits per heavy atom. The van der Waals surface area contributed by atoms with Crippen LogP contribution in [0.25, 0.3) is 6.08 Å². The van der Waals surface area contributed by atoms with Gasteiger partial charge in [0.05, 0.1) is 8.80 Å². The first-order valence-corrected chi connectivity index (χ1v) is 7.35. The summed E-state index contributed by atoms with van der Waals surface area (Å²) in [6.07, 6.45) is 4.65. The zero-order chi connectivity index (χ0) is 9.42. The molecule has 0 saturated heterocycles. The van der Waals surface area contributed by atoms with Crippen LogP contribution >= 0.6 is 0 Å². The Labute approximate surface area is 110 Å². The molecule has 2 rings (SSSR count). The van der Waals surface area contributed by atoms with E-state index in [-0.39, 0.29) is 38.4 Å². The van der Waals surface area contributed by atoms with Crippen LogP contribution in [0.2, 0.25) is 13.1 Å². The van der Waals surface area contributed by atoms with Crippen molar-refractivity contribution in [3.63, 3.8) is 0 Å². The minimum absolute atomic E-state index is 0. The van der Waals surface area contributed by atoms with E-state index in [0.717, 1.165) is 5.54 Å². The summed E-state index contributed by atoms with van der Waals surface area (Å²) < 4.78 is 0. The van der Waals surface area contributed by atoms with Gasteiger partial charge in [-0.2, -0.15) is 0 Å². The van der Waals surface area contributed by atoms with Gasteiger partial charge in [0.25, 0.3) is 0 Å². The molecule has 0 bridgehead atoms. The van der Waals surface area contributed by atoms with Crippen LogP contribution in [-0.4, -0.2) is 8.80 Å². The van der Waals surface area contributed by atoms with Gasteiger partial charge in [-0.15, -0.1) is 0 Å². The molecular formula is C12H15NaSi+. The summed E-state index contributed by atoms with van der Waals surface area (Å²) >= 11 is 0. The van der Waals surface area contributed by atoms with Crippen molar-refractivity contribution < 1.29 is 29.6 Å². The number of hydrogen-bond acceptors (Lipinski definition) is 0. The van der Waals surface area contributed by atoms with E-state index in [0.29, 0.717) is 0 Å². The van der Waals surface area contributed by atoms with E-state index in [1.807, 2.05) is 0 Å². The summed E-state index contributed by atoms with van der Waals surface area (Å²) in [6, 6.07) is 6.78. The Morgan fingerprint density at radius 1 is 1.21 bits per heavy atom. The number of rotatable bonds is 1. The average Bonchev–Trinajstić information content (AvgIpc) is 2.46. The molecule has 0 heterocycles. The molecule has 1 aliphatic carbocycles. The van der Waals surface area contributed by atoms with E-state index in [9.17, 15) is 0 Å². The molecule has 67 valence electrons. The van der Waals surface area contributed by atoms with Crippen molar-refractivity contribution in [3.8, 4) is 0 Å². The summed E-state index contributed by atoms with van der Waals surface area (Å²) in [5.41, 5.74) is 5.11. The molecule has 0 saturated carbocycles. The summed E-state index contributed by atoms with van der Waals surface area (Å²) in [4.78, 5) is 0. The van der Waals surface area contributed by atoms with Gasteiger partial charge in [-0.25, -0.2) is 0 Å². The van der Waals surface area contributed by atoms with E-state index >= 15 is 0 Å². The smallest absolute Gasteiger partial charge is 0.0794 e. The van der Waals surface area contributed by atoms with E-state index < -0.39 is 0 Å². The first-order valence-electron chi connectivity index (χ1n) is 4.77. The summed E-state index contributed by atoms with van der Waals surface area (Å²) in [5.74, 6) is 0. The molecule has 1 unspecified atom stereocenters. The Morgan fingerprint density at radius 2 is 1.93 bits per heavy atom. The first-order chi connectivity index (χ1) is 6.18. The molecule has 1 atom stereocenters. The van der Waals surface area contributed by atoms with Gasteiger partial charge < -0.3 is 0 Å². The van der Waals surface area contributed by atoms with Gasteiger partial charge in [0.1, 0.15) is 0 Å². The SMILES string of the molecule is Cc1ccc2c(c1)C([Si](C)C)C=C2.[Na+]. The maximum Gasteiger partial charge on any atom is 1.00 e. The van der Waals surface area contributed by atoms with Crippen LogP contribution in [0.15, 0.2) is 24.3 Å². The van der Waals surface area contributed by atoms with Crippen molar-refractivity contribution in [2.24, 2.45) is 0 Å². The Kier molecular flexibility index (Phi) is 4.20. The maximum absolute atomic E-state index is 2.39. The minimum Gasteiger partial charge on any atom is -0.0794 e. The molecule has 0 N–H and O–H groups in total. The molecule has 1 aromatic rings. The average molecular weight is 210 g/mol. The van der Waals surface area contributed by atoms with Crippen molar-refractivity contribution in [2.45, 2.75) is 25.6 Å². The number of allylic oxidation sites excluding steroid dienone is 1. The van der Waals surface area contributed by atoms with Crippen LogP contribution < -0.4 is 29.6 Å². The topological polar surface area (TPSA) is 0 Å². The van der Waals surface area contributed by atoms with E-state index in [1.54, 1.807) is 5.56 Å². The van der Waals surface area contributed by atoms with Crippen molar-refractivity contribution >= 4 is 14.9 Å². The summed E-state index contributed by atoms with van der Waals surface area (Å²) in [6.45, 7) is 6.95. The van der Waals surface area contributed by atoms with Crippen LogP contribution in [0.4, 0.5) is 0 Å². The third-order valence-corrected chi connectivity index (χ3v) is 4.42. The molecule has 1 radical (unpaired) electrons. The molecule has 0 aromatic heterocycles. The number of aryl methyl sites for hydroxylation is 1. The molecule has 0 spiro atoms. The van der Waals surface area contributed by atoms with Crippen LogP contribution in [-0.2, 0) is 0 Å². The molecular weight excluding hydrogens is 195 g/mol. The van der Waals surface area contributed by atoms with Crippen molar-refractivity contribution in [1.29, 1.82) is 0 Å². The van der Waals surface area contributed by atoms with Gasteiger partial charge in [-0.05, 0) is 23.6 Å². The van der Waals surface area contributed by atoms with Gasteiger partial charge in [-0.3, -0.25) is 0 Å². The normalized spacial score (nSPS) is 18.1. The van der Waals surface area contributed by atoms with Crippen molar-refractivity contribution in [1.82, 2.24) is 0 Å². The molecule has 14 heavy (non-hydrogen) atoms. The molecule has 1 aromatic carbocycles. The van der Waals surface area contributed by atoms with E-state index in [4.69, 9.17) is 0 Å². The van der Waals surface area contributed by atoms with Gasteiger partial charge >= 0.3 is 29.6 Å². The third-order valence-electron chi connectivity index (χ3n) is 2.67. The molecule has 0 fully saturated rings. The zero-order valence-corrected chi connectivity index (χ0v) is 12.5. The maximum atomic E-state index is 2.39. The Hall–Kier alpha value is 0.177. The van der Waals surface area contributed by atoms with E-state index in [1.165, 1.54) is 11.1 Å². The van der Waals surface area contributed by atoms with Crippen LogP contribution in [0.5, 0.6) is 0 Å². The quantitative estimate of drug-likeness (QED) is 0.589. The van der Waals surface area contributed by atoms with Crippen molar-refractivity contribution in [2.75, 3.05) is 0 Å². The molecule has 0 amide bonds. The van der Waals surface area contributed by atoms with Gasteiger partial charge in [0.15, 0.2) is 0 Å². The van der Waals surface area contributed by atoms with Gasteiger partial charge in [0, 0.05) is 0 Å². The third kappa shape index (κ3) is 2.22. The van der Waals surface area contributed by atoms with Crippen LogP contribution in [0.1, 0.15) is 22.2 Å². The summed E-state index contributed by atoms with van der Waals surface area (Å²) in [5, 5.41) is 0. The Balaban J connectivity index is 0.000000980. The molecule has 2 heteroatoms. The predicted molar refractivity (Wildman–Crippen MR) is 60.4 cm³/mol. The largest absolute Gasteiger partial charge is 1.00 e. The second-order valence-electron chi connectivity index (χ2n) is 4.05. The van der Waals surface area contributed by atoms with Crippen LogP contribution in [0, 0.1) is 6.92 Å². The van der Waals surface area contributed by atoms with Crippen LogP contribution in [0.3, 0.4) is 0 Å². The fourth-order valence-corrected chi connectivity index (χ4v) is 3.28. The number of fused-ring (bicyclic) bond motifs is 1. The second kappa shape index (κ2) is 4.80. The fourth-order valence-electron chi connectivity index (χ4n) is 1.92. The predicted octanol–water partition coefficient (Wildman–Crippen LogP) is 0.403. The number of benzene rings is 1. The Bertz CT molecular complexity index is 355. The van der Waals surface area contributed by atoms with Crippen molar-refractivity contribution in [3.05, 3.63) is 41.0 Å². The zero-order valence-electron chi connectivity index (χ0n) is 9.46. The second-order valence-corrected chi connectivity index (χ2v) is 6.82. The van der Waals surface area contributed by atoms with E-state index in [2.05, 4.69) is 50.4 Å². The summed E-state index contributed by atoms with van der Waals surface area (Å²) in [7, 11) is -0.227.